The maximum Gasteiger partial charge on any atom is 0.338 e. The average Bonchev–Trinajstić information content (AvgIpc) is 2.87. The molecule has 0 unspecified atom stereocenters. The van der Waals surface area contributed by atoms with E-state index in [9.17, 15) is 14.4 Å². The Hall–Kier alpha value is -1.69. The zero-order valence-electron chi connectivity index (χ0n) is 15.5. The highest BCUT2D eigenvalue weighted by molar-refractivity contribution is 9.10. The smallest absolute Gasteiger partial charge is 0.338 e. The molecule has 0 aromatic heterocycles. The van der Waals surface area contributed by atoms with Gasteiger partial charge in [-0.1, -0.05) is 36.7 Å². The Morgan fingerprint density at radius 1 is 1.19 bits per heavy atom. The lowest BCUT2D eigenvalue weighted by molar-refractivity contribution is -0.130. The Kier molecular flexibility index (Phi) is 4.54. The second kappa shape index (κ2) is 6.19. The molecule has 2 aliphatic carbocycles. The van der Waals surface area contributed by atoms with Crippen LogP contribution in [-0.2, 0) is 14.3 Å². The molecule has 1 N–H and O–H groups in total. The first-order valence-corrected chi connectivity index (χ1v) is 9.80. The number of Topliss-reactive ketones (excluding diaryl/α,β-unsaturated/α-hetero) is 1. The van der Waals surface area contributed by atoms with E-state index in [1.807, 2.05) is 20.8 Å². The van der Waals surface area contributed by atoms with Crippen LogP contribution in [0.3, 0.4) is 0 Å². The number of carbonyl (C=O) groups excluding carboxylic acids is 3. The van der Waals surface area contributed by atoms with Gasteiger partial charge in [0.2, 0.25) is 5.91 Å². The Bertz CT molecular complexity index is 773. The molecule has 2 bridgehead atoms. The van der Waals surface area contributed by atoms with Crippen LogP contribution in [0.1, 0.15) is 50.9 Å². The molecule has 0 radical (unpaired) electrons. The molecule has 1 aromatic carbocycles. The lowest BCUT2D eigenvalue weighted by Crippen LogP contribution is -2.47. The van der Waals surface area contributed by atoms with Gasteiger partial charge in [-0.15, -0.1) is 0 Å². The molecule has 3 atom stereocenters. The van der Waals surface area contributed by atoms with E-state index in [1.165, 1.54) is 0 Å². The molecule has 5 nitrogen and oxygen atoms in total. The molecule has 3 rings (SSSR count). The minimum Gasteiger partial charge on any atom is -0.462 e. The van der Waals surface area contributed by atoms with E-state index in [2.05, 4.69) is 21.2 Å². The molecule has 26 heavy (non-hydrogen) atoms. The van der Waals surface area contributed by atoms with Crippen molar-refractivity contribution in [1.82, 2.24) is 0 Å². The summed E-state index contributed by atoms with van der Waals surface area (Å²) in [6.07, 6.45) is 1.39. The number of benzene rings is 1. The number of hydrogen-bond donors (Lipinski definition) is 1. The Morgan fingerprint density at radius 2 is 1.81 bits per heavy atom. The molecule has 6 heteroatoms. The number of ether oxygens (including phenoxy) is 1. The number of alkyl halides is 1. The van der Waals surface area contributed by atoms with Crippen molar-refractivity contribution in [2.45, 2.75) is 45.4 Å². The molecule has 0 aliphatic heterocycles. The van der Waals surface area contributed by atoms with Crippen LogP contribution in [0, 0.1) is 16.2 Å². The van der Waals surface area contributed by atoms with Gasteiger partial charge in [-0.25, -0.2) is 4.79 Å². The lowest BCUT2D eigenvalue weighted by Gasteiger charge is -2.39. The minimum absolute atomic E-state index is 0.113. The number of carbonyl (C=O) groups is 3. The molecular formula is C20H24BrNO4. The lowest BCUT2D eigenvalue weighted by atomic mass is 9.64. The van der Waals surface area contributed by atoms with Crippen LogP contribution >= 0.6 is 15.9 Å². The van der Waals surface area contributed by atoms with Crippen molar-refractivity contribution < 1.29 is 19.1 Å². The zero-order chi connectivity index (χ0) is 19.3. The van der Waals surface area contributed by atoms with E-state index in [0.717, 1.165) is 6.42 Å². The van der Waals surface area contributed by atoms with Gasteiger partial charge in [-0.2, -0.15) is 0 Å². The topological polar surface area (TPSA) is 72.5 Å². The van der Waals surface area contributed by atoms with Crippen LogP contribution in [0.5, 0.6) is 0 Å². The molecule has 2 saturated carbocycles. The van der Waals surface area contributed by atoms with Gasteiger partial charge < -0.3 is 10.1 Å². The predicted octanol–water partition coefficient (Wildman–Crippen LogP) is 3.96. The third kappa shape index (κ3) is 2.30. The maximum atomic E-state index is 13.2. The van der Waals surface area contributed by atoms with E-state index < -0.39 is 27.0 Å². The normalized spacial score (nSPS) is 31.7. The van der Waals surface area contributed by atoms with Crippen molar-refractivity contribution in [3.63, 3.8) is 0 Å². The zero-order valence-corrected chi connectivity index (χ0v) is 17.1. The monoisotopic (exact) mass is 421 g/mol. The number of rotatable bonds is 4. The largest absolute Gasteiger partial charge is 0.462 e. The number of fused-ring (bicyclic) bond motifs is 2. The quantitative estimate of drug-likeness (QED) is 0.589. The van der Waals surface area contributed by atoms with Gasteiger partial charge in [-0.05, 0) is 49.4 Å². The summed E-state index contributed by atoms with van der Waals surface area (Å²) >= 11 is 3.52. The van der Waals surface area contributed by atoms with Gasteiger partial charge in [0, 0.05) is 11.1 Å². The predicted molar refractivity (Wildman–Crippen MR) is 102 cm³/mol. The van der Waals surface area contributed by atoms with Crippen molar-refractivity contribution in [2.75, 3.05) is 11.9 Å². The summed E-state index contributed by atoms with van der Waals surface area (Å²) in [5.41, 5.74) is -0.683. The summed E-state index contributed by atoms with van der Waals surface area (Å²) in [5, 5.41) is 2.95. The van der Waals surface area contributed by atoms with Crippen LogP contribution < -0.4 is 5.32 Å². The fourth-order valence-corrected chi connectivity index (χ4v) is 6.12. The number of anilines is 1. The average molecular weight is 422 g/mol. The summed E-state index contributed by atoms with van der Waals surface area (Å²) in [6.45, 7) is 8.07. The standard InChI is InChI=1S/C20H24BrNO4/c1-5-26-16(24)12-6-8-13(9-7-12)22-17(25)20-11-10-19(4,18(20,2)3)15(23)14(20)21/h6-9,14H,5,10-11H2,1-4H3,(H,22,25)/t14-,19-,20-/m1/s1. The summed E-state index contributed by atoms with van der Waals surface area (Å²) in [5.74, 6) is -0.428. The number of amides is 1. The molecule has 1 amide bonds. The summed E-state index contributed by atoms with van der Waals surface area (Å²) in [4.78, 5) is 37.3. The van der Waals surface area contributed by atoms with Crippen LogP contribution in [0.25, 0.3) is 0 Å². The molecule has 2 aliphatic rings. The molecule has 0 heterocycles. The number of halogens is 1. The Balaban J connectivity index is 1.84. The fourth-order valence-electron chi connectivity index (χ4n) is 4.60. The second-order valence-corrected chi connectivity index (χ2v) is 8.82. The maximum absolute atomic E-state index is 13.2. The SMILES string of the molecule is CCOC(=O)c1ccc(NC(=O)[C@@]23CC[C@](C)(C(=O)[C@H]2Br)C3(C)C)cc1. The Morgan fingerprint density at radius 3 is 2.31 bits per heavy atom. The second-order valence-electron chi connectivity index (χ2n) is 7.91. The number of esters is 1. The molecule has 140 valence electrons. The number of hydrogen-bond acceptors (Lipinski definition) is 4. The first-order valence-electron chi connectivity index (χ1n) is 8.89. The van der Waals surface area contributed by atoms with Crippen molar-refractivity contribution in [3.8, 4) is 0 Å². The molecule has 2 fully saturated rings. The van der Waals surface area contributed by atoms with Gasteiger partial charge in [0.1, 0.15) is 0 Å². The minimum atomic E-state index is -0.779. The van der Waals surface area contributed by atoms with Gasteiger partial charge in [0.25, 0.3) is 0 Å². The van der Waals surface area contributed by atoms with Crippen molar-refractivity contribution in [2.24, 2.45) is 16.2 Å². The van der Waals surface area contributed by atoms with E-state index in [4.69, 9.17) is 4.74 Å². The first kappa shape index (κ1) is 19.1. The summed E-state index contributed by atoms with van der Waals surface area (Å²) < 4.78 is 4.96. The summed E-state index contributed by atoms with van der Waals surface area (Å²) in [7, 11) is 0. The van der Waals surface area contributed by atoms with E-state index in [-0.39, 0.29) is 11.7 Å². The van der Waals surface area contributed by atoms with E-state index in [0.29, 0.717) is 24.3 Å². The van der Waals surface area contributed by atoms with Crippen molar-refractivity contribution >= 4 is 39.3 Å². The third-order valence-corrected chi connectivity index (χ3v) is 7.98. The van der Waals surface area contributed by atoms with Crippen molar-refractivity contribution in [3.05, 3.63) is 29.8 Å². The number of nitrogens with one attached hydrogen (secondary N) is 1. The van der Waals surface area contributed by atoms with E-state index >= 15 is 0 Å². The van der Waals surface area contributed by atoms with Crippen molar-refractivity contribution in [1.29, 1.82) is 0 Å². The van der Waals surface area contributed by atoms with Crippen LogP contribution in [0.2, 0.25) is 0 Å². The van der Waals surface area contributed by atoms with Gasteiger partial charge >= 0.3 is 5.97 Å². The van der Waals surface area contributed by atoms with Gasteiger partial charge in [-0.3, -0.25) is 9.59 Å². The highest BCUT2D eigenvalue weighted by Crippen LogP contribution is 2.72. The summed E-state index contributed by atoms with van der Waals surface area (Å²) in [6, 6.07) is 6.62. The fraction of sp³-hybridized carbons (Fsp3) is 0.550. The highest BCUT2D eigenvalue weighted by atomic mass is 79.9. The highest BCUT2D eigenvalue weighted by Gasteiger charge is 2.76. The third-order valence-electron chi connectivity index (χ3n) is 6.78. The Labute approximate surface area is 162 Å². The van der Waals surface area contributed by atoms with Crippen LogP contribution in [-0.4, -0.2) is 29.1 Å². The first-order chi connectivity index (χ1) is 12.1. The molecule has 1 aromatic rings. The van der Waals surface area contributed by atoms with Crippen LogP contribution in [0.15, 0.2) is 24.3 Å². The van der Waals surface area contributed by atoms with Crippen LogP contribution in [0.4, 0.5) is 5.69 Å². The van der Waals surface area contributed by atoms with E-state index in [1.54, 1.807) is 31.2 Å². The molecule has 0 spiro atoms. The van der Waals surface area contributed by atoms with Gasteiger partial charge in [0.05, 0.1) is 22.4 Å². The molecular weight excluding hydrogens is 398 g/mol. The number of ketones is 1. The molecule has 0 saturated heterocycles. The van der Waals surface area contributed by atoms with Gasteiger partial charge in [0.15, 0.2) is 5.78 Å².